The van der Waals surface area contributed by atoms with Gasteiger partial charge < -0.3 is 20.8 Å². The standard InChI is InChI=1S/C8H11N3O3/c9-8(11-13)6-1-2-10-5-7(6)14-4-3-12/h1-2,5,12-13H,3-4H2,(H2,9,11). The van der Waals surface area contributed by atoms with Crippen LogP contribution in [0, 0.1) is 0 Å². The van der Waals surface area contributed by atoms with E-state index in [4.69, 9.17) is 20.8 Å². The SMILES string of the molecule is N/C(=N/O)c1ccncc1OCCO. The highest BCUT2D eigenvalue weighted by Gasteiger charge is 2.07. The molecule has 0 aliphatic heterocycles. The third-order valence-electron chi connectivity index (χ3n) is 1.52. The summed E-state index contributed by atoms with van der Waals surface area (Å²) in [7, 11) is 0. The van der Waals surface area contributed by atoms with E-state index in [0.29, 0.717) is 11.3 Å². The molecule has 4 N–H and O–H groups in total. The van der Waals surface area contributed by atoms with Gasteiger partial charge in [0.05, 0.1) is 18.4 Å². The first-order chi connectivity index (χ1) is 6.79. The molecule has 0 saturated heterocycles. The van der Waals surface area contributed by atoms with Crippen molar-refractivity contribution in [3.05, 3.63) is 24.0 Å². The van der Waals surface area contributed by atoms with Crippen molar-refractivity contribution in [1.29, 1.82) is 0 Å². The lowest BCUT2D eigenvalue weighted by atomic mass is 10.2. The van der Waals surface area contributed by atoms with Crippen LogP contribution in [-0.4, -0.2) is 34.3 Å². The van der Waals surface area contributed by atoms with Crippen LogP contribution in [0.3, 0.4) is 0 Å². The normalized spacial score (nSPS) is 11.4. The Hall–Kier alpha value is -1.82. The number of hydrogen-bond donors (Lipinski definition) is 3. The van der Waals surface area contributed by atoms with Gasteiger partial charge in [0.15, 0.2) is 5.84 Å². The average molecular weight is 197 g/mol. The quantitative estimate of drug-likeness (QED) is 0.262. The third-order valence-corrected chi connectivity index (χ3v) is 1.52. The van der Waals surface area contributed by atoms with Crippen LogP contribution in [0.1, 0.15) is 5.56 Å². The fourth-order valence-electron chi connectivity index (χ4n) is 0.916. The fraction of sp³-hybridized carbons (Fsp3) is 0.250. The van der Waals surface area contributed by atoms with Gasteiger partial charge in [-0.05, 0) is 6.07 Å². The highest BCUT2D eigenvalue weighted by molar-refractivity contribution is 5.99. The zero-order valence-corrected chi connectivity index (χ0v) is 7.42. The number of aromatic nitrogens is 1. The Morgan fingerprint density at radius 1 is 1.64 bits per heavy atom. The summed E-state index contributed by atoms with van der Waals surface area (Å²) in [6, 6.07) is 1.56. The summed E-state index contributed by atoms with van der Waals surface area (Å²) in [6.07, 6.45) is 2.93. The first kappa shape index (κ1) is 10.3. The lowest BCUT2D eigenvalue weighted by Gasteiger charge is -2.07. The van der Waals surface area contributed by atoms with Crippen molar-refractivity contribution in [1.82, 2.24) is 4.98 Å². The number of oxime groups is 1. The van der Waals surface area contributed by atoms with Crippen LogP contribution in [0.25, 0.3) is 0 Å². The number of nitrogens with two attached hydrogens (primary N) is 1. The Morgan fingerprint density at radius 3 is 3.07 bits per heavy atom. The minimum atomic E-state index is -0.107. The summed E-state index contributed by atoms with van der Waals surface area (Å²) in [4.78, 5) is 3.82. The first-order valence-electron chi connectivity index (χ1n) is 3.95. The number of aliphatic hydroxyl groups excluding tert-OH is 1. The zero-order valence-electron chi connectivity index (χ0n) is 7.42. The number of hydrogen-bond acceptors (Lipinski definition) is 5. The highest BCUT2D eigenvalue weighted by Crippen LogP contribution is 2.15. The van der Waals surface area contributed by atoms with E-state index >= 15 is 0 Å². The van der Waals surface area contributed by atoms with E-state index in [-0.39, 0.29) is 19.0 Å². The minimum absolute atomic E-state index is 0.0552. The van der Waals surface area contributed by atoms with Crippen molar-refractivity contribution < 1.29 is 15.1 Å². The first-order valence-corrected chi connectivity index (χ1v) is 3.95. The van der Waals surface area contributed by atoms with Gasteiger partial charge >= 0.3 is 0 Å². The van der Waals surface area contributed by atoms with E-state index in [1.54, 1.807) is 6.07 Å². The van der Waals surface area contributed by atoms with Gasteiger partial charge in [0, 0.05) is 6.20 Å². The predicted octanol–water partition coefficient (Wildman–Crippen LogP) is -0.453. The Labute approximate surface area is 80.6 Å². The Balaban J connectivity index is 2.91. The van der Waals surface area contributed by atoms with Crippen LogP contribution < -0.4 is 10.5 Å². The molecule has 14 heavy (non-hydrogen) atoms. The number of ether oxygens (including phenoxy) is 1. The number of pyridine rings is 1. The molecule has 0 fully saturated rings. The van der Waals surface area contributed by atoms with E-state index in [9.17, 15) is 0 Å². The topological polar surface area (TPSA) is 101 Å². The summed E-state index contributed by atoms with van der Waals surface area (Å²) >= 11 is 0. The molecule has 0 saturated carbocycles. The van der Waals surface area contributed by atoms with Crippen molar-refractivity contribution in [2.75, 3.05) is 13.2 Å². The van der Waals surface area contributed by atoms with Crippen LogP contribution in [0.2, 0.25) is 0 Å². The largest absolute Gasteiger partial charge is 0.489 e. The Morgan fingerprint density at radius 2 is 2.43 bits per heavy atom. The second-order valence-corrected chi connectivity index (χ2v) is 2.43. The van der Waals surface area contributed by atoms with E-state index < -0.39 is 0 Å². The number of rotatable bonds is 4. The summed E-state index contributed by atoms with van der Waals surface area (Å²) in [5, 5.41) is 19.9. The van der Waals surface area contributed by atoms with Crippen molar-refractivity contribution in [3.8, 4) is 5.75 Å². The Bertz CT molecular complexity index is 327. The Kier molecular flexibility index (Phi) is 3.69. The van der Waals surface area contributed by atoms with E-state index in [1.165, 1.54) is 12.4 Å². The van der Waals surface area contributed by atoms with E-state index in [1.807, 2.05) is 0 Å². The summed E-state index contributed by atoms with van der Waals surface area (Å²) in [5.74, 6) is 0.317. The summed E-state index contributed by atoms with van der Waals surface area (Å²) in [6.45, 7) is 0.0297. The molecule has 6 nitrogen and oxygen atoms in total. The third kappa shape index (κ3) is 2.33. The van der Waals surface area contributed by atoms with Gasteiger partial charge in [-0.25, -0.2) is 0 Å². The van der Waals surface area contributed by atoms with Gasteiger partial charge in [0.1, 0.15) is 12.4 Å². The predicted molar refractivity (Wildman–Crippen MR) is 49.3 cm³/mol. The van der Waals surface area contributed by atoms with Crippen molar-refractivity contribution in [2.45, 2.75) is 0 Å². The molecule has 0 radical (unpaired) electrons. The molecule has 0 spiro atoms. The maximum Gasteiger partial charge on any atom is 0.173 e. The zero-order chi connectivity index (χ0) is 10.4. The molecule has 0 aliphatic rings. The van der Waals surface area contributed by atoms with Gasteiger partial charge in [0.25, 0.3) is 0 Å². The highest BCUT2D eigenvalue weighted by atomic mass is 16.5. The molecule has 0 aliphatic carbocycles. The molecule has 0 bridgehead atoms. The van der Waals surface area contributed by atoms with Gasteiger partial charge in [-0.2, -0.15) is 0 Å². The van der Waals surface area contributed by atoms with Crippen LogP contribution in [0.5, 0.6) is 5.75 Å². The fourth-order valence-corrected chi connectivity index (χ4v) is 0.916. The summed E-state index contributed by atoms with van der Waals surface area (Å²) < 4.78 is 5.12. The molecule has 76 valence electrons. The molecule has 1 aromatic rings. The molecule has 0 atom stereocenters. The number of nitrogens with zero attached hydrogens (tertiary/aromatic N) is 2. The number of amidine groups is 1. The van der Waals surface area contributed by atoms with Crippen LogP contribution in [-0.2, 0) is 0 Å². The second-order valence-electron chi connectivity index (χ2n) is 2.43. The molecule has 0 unspecified atom stereocenters. The lowest BCUT2D eigenvalue weighted by Crippen LogP contribution is -2.15. The van der Waals surface area contributed by atoms with Gasteiger partial charge in [-0.15, -0.1) is 0 Å². The molecule has 1 aromatic heterocycles. The molecular formula is C8H11N3O3. The monoisotopic (exact) mass is 197 g/mol. The number of aliphatic hydroxyl groups is 1. The second kappa shape index (κ2) is 5.03. The van der Waals surface area contributed by atoms with Crippen LogP contribution >= 0.6 is 0 Å². The van der Waals surface area contributed by atoms with Crippen molar-refractivity contribution >= 4 is 5.84 Å². The summed E-state index contributed by atoms with van der Waals surface area (Å²) in [5.41, 5.74) is 5.84. The lowest BCUT2D eigenvalue weighted by molar-refractivity contribution is 0.200. The van der Waals surface area contributed by atoms with Gasteiger partial charge in [0.2, 0.25) is 0 Å². The van der Waals surface area contributed by atoms with Crippen LogP contribution in [0.4, 0.5) is 0 Å². The van der Waals surface area contributed by atoms with Crippen molar-refractivity contribution in [2.24, 2.45) is 10.9 Å². The minimum Gasteiger partial charge on any atom is -0.489 e. The van der Waals surface area contributed by atoms with Gasteiger partial charge in [-0.3, -0.25) is 4.98 Å². The molecule has 1 rings (SSSR count). The van der Waals surface area contributed by atoms with E-state index in [2.05, 4.69) is 10.1 Å². The molecule has 0 amide bonds. The molecule has 6 heteroatoms. The smallest absolute Gasteiger partial charge is 0.173 e. The van der Waals surface area contributed by atoms with Gasteiger partial charge in [-0.1, -0.05) is 5.16 Å². The molecule has 1 heterocycles. The van der Waals surface area contributed by atoms with Crippen molar-refractivity contribution in [3.63, 3.8) is 0 Å². The van der Waals surface area contributed by atoms with Crippen LogP contribution in [0.15, 0.2) is 23.6 Å². The molecular weight excluding hydrogens is 186 g/mol. The average Bonchev–Trinajstić information content (AvgIpc) is 2.25. The molecule has 0 aromatic carbocycles. The maximum atomic E-state index is 8.56. The maximum absolute atomic E-state index is 8.56. The van der Waals surface area contributed by atoms with E-state index in [0.717, 1.165) is 0 Å².